The summed E-state index contributed by atoms with van der Waals surface area (Å²) in [6, 6.07) is 14.7. The summed E-state index contributed by atoms with van der Waals surface area (Å²) in [5, 5.41) is 3.05. The SMILES string of the molecule is COc1ccccc1CN(C(=O)CC(C)C)C(C(=O)NCC1CCCO1)c1ccc(C)cc1. The van der Waals surface area contributed by atoms with Gasteiger partial charge in [0.05, 0.1) is 19.8 Å². The molecule has 1 fully saturated rings. The van der Waals surface area contributed by atoms with Crippen molar-refractivity contribution in [2.75, 3.05) is 20.3 Å². The van der Waals surface area contributed by atoms with Gasteiger partial charge in [-0.25, -0.2) is 0 Å². The number of methoxy groups -OCH3 is 1. The van der Waals surface area contributed by atoms with Gasteiger partial charge in [0, 0.05) is 25.1 Å². The first kappa shape index (κ1) is 24.8. The van der Waals surface area contributed by atoms with Crippen LogP contribution >= 0.6 is 0 Å². The zero-order chi connectivity index (χ0) is 23.8. The Kier molecular flexibility index (Phi) is 8.89. The number of hydrogen-bond donors (Lipinski definition) is 1. The molecule has 1 N–H and O–H groups in total. The van der Waals surface area contributed by atoms with E-state index >= 15 is 0 Å². The van der Waals surface area contributed by atoms with Crippen molar-refractivity contribution in [3.8, 4) is 5.75 Å². The van der Waals surface area contributed by atoms with Gasteiger partial charge in [-0.15, -0.1) is 0 Å². The van der Waals surface area contributed by atoms with Crippen molar-refractivity contribution < 1.29 is 19.1 Å². The summed E-state index contributed by atoms with van der Waals surface area (Å²) in [6.45, 7) is 7.49. The normalized spacial score (nSPS) is 16.5. The second-order valence-electron chi connectivity index (χ2n) is 9.12. The Morgan fingerprint density at radius 2 is 1.88 bits per heavy atom. The van der Waals surface area contributed by atoms with Crippen LogP contribution in [0.2, 0.25) is 0 Å². The predicted octanol–water partition coefficient (Wildman–Crippen LogP) is 4.41. The number of rotatable bonds is 10. The number of amides is 2. The Labute approximate surface area is 197 Å². The molecule has 2 aromatic rings. The van der Waals surface area contributed by atoms with E-state index in [2.05, 4.69) is 5.32 Å². The van der Waals surface area contributed by atoms with E-state index < -0.39 is 6.04 Å². The third kappa shape index (κ3) is 6.81. The summed E-state index contributed by atoms with van der Waals surface area (Å²) in [7, 11) is 1.62. The summed E-state index contributed by atoms with van der Waals surface area (Å²) < 4.78 is 11.2. The van der Waals surface area contributed by atoms with Gasteiger partial charge in [0.25, 0.3) is 0 Å². The fraction of sp³-hybridized carbons (Fsp3) is 0.481. The predicted molar refractivity (Wildman–Crippen MR) is 129 cm³/mol. The molecule has 6 heteroatoms. The van der Waals surface area contributed by atoms with Crippen LogP contribution in [0.25, 0.3) is 0 Å². The van der Waals surface area contributed by atoms with Crippen LogP contribution in [0.4, 0.5) is 0 Å². The number of para-hydroxylation sites is 1. The number of aryl methyl sites for hydroxylation is 1. The van der Waals surface area contributed by atoms with E-state index in [4.69, 9.17) is 9.47 Å². The zero-order valence-corrected chi connectivity index (χ0v) is 20.2. The molecule has 3 rings (SSSR count). The fourth-order valence-electron chi connectivity index (χ4n) is 4.15. The number of hydrogen-bond acceptors (Lipinski definition) is 4. The van der Waals surface area contributed by atoms with Crippen LogP contribution in [-0.2, 0) is 20.9 Å². The minimum atomic E-state index is -0.747. The van der Waals surface area contributed by atoms with E-state index in [-0.39, 0.29) is 30.4 Å². The molecule has 1 aliphatic heterocycles. The lowest BCUT2D eigenvalue weighted by Gasteiger charge is -2.33. The zero-order valence-electron chi connectivity index (χ0n) is 20.2. The van der Waals surface area contributed by atoms with Crippen molar-refractivity contribution >= 4 is 11.8 Å². The fourth-order valence-corrected chi connectivity index (χ4v) is 4.15. The van der Waals surface area contributed by atoms with Crippen LogP contribution < -0.4 is 10.1 Å². The summed E-state index contributed by atoms with van der Waals surface area (Å²) >= 11 is 0. The van der Waals surface area contributed by atoms with Crippen molar-refractivity contribution in [1.29, 1.82) is 0 Å². The van der Waals surface area contributed by atoms with Crippen molar-refractivity contribution in [2.24, 2.45) is 5.92 Å². The molecule has 2 atom stereocenters. The molecule has 2 aromatic carbocycles. The largest absolute Gasteiger partial charge is 0.496 e. The highest BCUT2D eigenvalue weighted by molar-refractivity contribution is 5.89. The van der Waals surface area contributed by atoms with Gasteiger partial charge in [-0.05, 0) is 37.3 Å². The Bertz CT molecular complexity index is 920. The summed E-state index contributed by atoms with van der Waals surface area (Å²) in [4.78, 5) is 28.7. The average Bonchev–Trinajstić information content (AvgIpc) is 3.32. The maximum absolute atomic E-state index is 13.6. The Balaban J connectivity index is 1.96. The maximum atomic E-state index is 13.6. The first-order valence-corrected chi connectivity index (χ1v) is 11.8. The lowest BCUT2D eigenvalue weighted by Crippen LogP contribution is -2.45. The number of benzene rings is 2. The van der Waals surface area contributed by atoms with Gasteiger partial charge in [0.2, 0.25) is 11.8 Å². The van der Waals surface area contributed by atoms with Gasteiger partial charge in [0.15, 0.2) is 0 Å². The van der Waals surface area contributed by atoms with E-state index in [0.29, 0.717) is 18.7 Å². The second-order valence-corrected chi connectivity index (χ2v) is 9.12. The first-order chi connectivity index (χ1) is 15.9. The van der Waals surface area contributed by atoms with Crippen molar-refractivity contribution in [1.82, 2.24) is 10.2 Å². The van der Waals surface area contributed by atoms with Crippen LogP contribution in [0, 0.1) is 12.8 Å². The van der Waals surface area contributed by atoms with Gasteiger partial charge in [-0.3, -0.25) is 9.59 Å². The smallest absolute Gasteiger partial charge is 0.247 e. The molecule has 1 heterocycles. The molecule has 1 aliphatic rings. The monoisotopic (exact) mass is 452 g/mol. The molecule has 178 valence electrons. The number of ether oxygens (including phenoxy) is 2. The molecular weight excluding hydrogens is 416 g/mol. The second kappa shape index (κ2) is 11.8. The highest BCUT2D eigenvalue weighted by Crippen LogP contribution is 2.29. The molecule has 0 aliphatic carbocycles. The molecular formula is C27H36N2O4. The van der Waals surface area contributed by atoms with Gasteiger partial charge < -0.3 is 19.7 Å². The molecule has 2 amide bonds. The van der Waals surface area contributed by atoms with Crippen molar-refractivity contribution in [3.05, 3.63) is 65.2 Å². The standard InChI is InChI=1S/C27H36N2O4/c1-19(2)16-25(30)29(18-22-8-5-6-10-24(22)32-4)26(21-13-11-20(3)12-14-21)27(31)28-17-23-9-7-15-33-23/h5-6,8,10-14,19,23,26H,7,9,15-18H2,1-4H3,(H,28,31). The molecule has 0 aromatic heterocycles. The van der Waals surface area contributed by atoms with Gasteiger partial charge in [0.1, 0.15) is 11.8 Å². The minimum absolute atomic E-state index is 0.0293. The van der Waals surface area contributed by atoms with Crippen LogP contribution in [0.3, 0.4) is 0 Å². The molecule has 0 radical (unpaired) electrons. The number of nitrogens with one attached hydrogen (secondary N) is 1. The third-order valence-corrected chi connectivity index (χ3v) is 5.92. The minimum Gasteiger partial charge on any atom is -0.496 e. The molecule has 0 bridgehead atoms. The van der Waals surface area contributed by atoms with Gasteiger partial charge in [-0.1, -0.05) is 61.9 Å². The molecule has 0 spiro atoms. The van der Waals surface area contributed by atoms with Gasteiger partial charge >= 0.3 is 0 Å². The topological polar surface area (TPSA) is 67.9 Å². The van der Waals surface area contributed by atoms with E-state index in [0.717, 1.165) is 36.1 Å². The molecule has 1 saturated heterocycles. The quantitative estimate of drug-likeness (QED) is 0.580. The average molecular weight is 453 g/mol. The highest BCUT2D eigenvalue weighted by atomic mass is 16.5. The number of carbonyl (C=O) groups is 2. The third-order valence-electron chi connectivity index (χ3n) is 5.92. The number of carbonyl (C=O) groups excluding carboxylic acids is 2. The van der Waals surface area contributed by atoms with Crippen LogP contribution in [0.1, 0.15) is 55.8 Å². The molecule has 6 nitrogen and oxygen atoms in total. The summed E-state index contributed by atoms with van der Waals surface area (Å²) in [5.41, 5.74) is 2.75. The molecule has 33 heavy (non-hydrogen) atoms. The lowest BCUT2D eigenvalue weighted by molar-refractivity contribution is -0.142. The van der Waals surface area contributed by atoms with E-state index in [1.807, 2.05) is 69.3 Å². The van der Waals surface area contributed by atoms with Gasteiger partial charge in [-0.2, -0.15) is 0 Å². The summed E-state index contributed by atoms with van der Waals surface area (Å²) in [5.74, 6) is 0.614. The number of nitrogens with zero attached hydrogens (tertiary/aromatic N) is 1. The van der Waals surface area contributed by atoms with Crippen LogP contribution in [0.5, 0.6) is 5.75 Å². The lowest BCUT2D eigenvalue weighted by atomic mass is 9.99. The van der Waals surface area contributed by atoms with E-state index in [1.54, 1.807) is 12.0 Å². The Morgan fingerprint density at radius 1 is 1.15 bits per heavy atom. The molecule has 0 saturated carbocycles. The van der Waals surface area contributed by atoms with E-state index in [9.17, 15) is 9.59 Å². The first-order valence-electron chi connectivity index (χ1n) is 11.8. The molecule has 2 unspecified atom stereocenters. The van der Waals surface area contributed by atoms with Crippen molar-refractivity contribution in [2.45, 2.75) is 58.7 Å². The van der Waals surface area contributed by atoms with Crippen molar-refractivity contribution in [3.63, 3.8) is 0 Å². The van der Waals surface area contributed by atoms with E-state index in [1.165, 1.54) is 0 Å². The van der Waals surface area contributed by atoms with Crippen LogP contribution in [0.15, 0.2) is 48.5 Å². The highest BCUT2D eigenvalue weighted by Gasteiger charge is 2.33. The summed E-state index contributed by atoms with van der Waals surface area (Å²) in [6.07, 6.45) is 2.33. The Hall–Kier alpha value is -2.86. The maximum Gasteiger partial charge on any atom is 0.247 e. The Morgan fingerprint density at radius 3 is 2.52 bits per heavy atom. The van der Waals surface area contributed by atoms with Crippen LogP contribution in [-0.4, -0.2) is 43.1 Å².